The zero-order chi connectivity index (χ0) is 12.8. The molecule has 0 aliphatic rings. The minimum absolute atomic E-state index is 0.186. The van der Waals surface area contributed by atoms with Crippen molar-refractivity contribution >= 4 is 6.08 Å². The number of hydrogen-bond acceptors (Lipinski definition) is 3. The van der Waals surface area contributed by atoms with Gasteiger partial charge in [-0.05, 0) is 24.5 Å². The van der Waals surface area contributed by atoms with E-state index in [1.807, 2.05) is 19.1 Å². The van der Waals surface area contributed by atoms with E-state index in [-0.39, 0.29) is 5.92 Å². The van der Waals surface area contributed by atoms with E-state index in [1.165, 1.54) is 5.56 Å². The topological polar surface area (TPSA) is 38.7 Å². The van der Waals surface area contributed by atoms with Gasteiger partial charge in [-0.15, -0.1) is 0 Å². The van der Waals surface area contributed by atoms with Crippen molar-refractivity contribution in [3.63, 3.8) is 0 Å². The number of carbonyl (C=O) groups excluding carboxylic acids is 1. The summed E-state index contributed by atoms with van der Waals surface area (Å²) >= 11 is 0. The van der Waals surface area contributed by atoms with Crippen LogP contribution >= 0.6 is 0 Å². The average molecular weight is 233 g/mol. The highest BCUT2D eigenvalue weighted by Crippen LogP contribution is 2.32. The van der Waals surface area contributed by atoms with Crippen LogP contribution in [0.25, 0.3) is 0 Å². The van der Waals surface area contributed by atoms with Gasteiger partial charge in [0.05, 0.1) is 13.7 Å². The number of rotatable bonds is 5. The first kappa shape index (κ1) is 13.5. The van der Waals surface area contributed by atoms with E-state index >= 15 is 0 Å². The molecule has 0 saturated carbocycles. The molecule has 0 bridgehead atoms. The number of benzene rings is 1. The Morgan fingerprint density at radius 2 is 2.12 bits per heavy atom. The molecule has 0 aliphatic heterocycles. The minimum Gasteiger partial charge on any atom is -0.496 e. The second-order valence-electron chi connectivity index (χ2n) is 4.53. The standard InChI is InChI=1S/C14H19NO2/c1-10(2)13(8-15-9-16)12-7-11(3)5-6-14(12)17-4/h5-7,10,13H,8H2,1-4H3. The zero-order valence-corrected chi connectivity index (χ0v) is 10.9. The van der Waals surface area contributed by atoms with Gasteiger partial charge in [0, 0.05) is 5.92 Å². The smallest absolute Gasteiger partial charge is 0.234 e. The molecule has 1 rings (SSSR count). The lowest BCUT2D eigenvalue weighted by Crippen LogP contribution is -2.12. The second kappa shape index (κ2) is 6.21. The van der Waals surface area contributed by atoms with E-state index in [0.717, 1.165) is 11.3 Å². The van der Waals surface area contributed by atoms with Gasteiger partial charge in [-0.3, -0.25) is 0 Å². The third kappa shape index (κ3) is 3.43. The van der Waals surface area contributed by atoms with Gasteiger partial charge in [-0.25, -0.2) is 9.79 Å². The maximum atomic E-state index is 10.3. The molecule has 1 unspecified atom stereocenters. The molecule has 1 atom stereocenters. The summed E-state index contributed by atoms with van der Waals surface area (Å²) in [6, 6.07) is 6.08. The van der Waals surface area contributed by atoms with E-state index in [0.29, 0.717) is 12.5 Å². The molecule has 1 aromatic rings. The van der Waals surface area contributed by atoms with Crippen LogP contribution in [0.15, 0.2) is 23.2 Å². The van der Waals surface area contributed by atoms with E-state index in [2.05, 4.69) is 24.9 Å². The summed E-state index contributed by atoms with van der Waals surface area (Å²) in [4.78, 5) is 14.0. The van der Waals surface area contributed by atoms with Crippen LogP contribution in [0.5, 0.6) is 5.75 Å². The van der Waals surface area contributed by atoms with Crippen LogP contribution in [0.1, 0.15) is 30.9 Å². The average Bonchev–Trinajstić information content (AvgIpc) is 2.29. The minimum atomic E-state index is 0.186. The Hall–Kier alpha value is -1.60. The number of methoxy groups -OCH3 is 1. The highest BCUT2D eigenvalue weighted by molar-refractivity contribution is 5.41. The molecule has 0 N–H and O–H groups in total. The highest BCUT2D eigenvalue weighted by atomic mass is 16.5. The molecule has 0 aliphatic carbocycles. The van der Waals surface area contributed by atoms with Gasteiger partial charge >= 0.3 is 0 Å². The Morgan fingerprint density at radius 3 is 2.65 bits per heavy atom. The Kier molecular flexibility index (Phi) is 4.92. The highest BCUT2D eigenvalue weighted by Gasteiger charge is 2.19. The summed E-state index contributed by atoms with van der Waals surface area (Å²) in [6.45, 7) is 6.74. The molecule has 0 radical (unpaired) electrons. The maximum absolute atomic E-state index is 10.3. The maximum Gasteiger partial charge on any atom is 0.234 e. The Labute approximate surface area is 103 Å². The van der Waals surface area contributed by atoms with Crippen LogP contribution in [-0.4, -0.2) is 19.7 Å². The lowest BCUT2D eigenvalue weighted by Gasteiger charge is -2.21. The lowest BCUT2D eigenvalue weighted by atomic mass is 9.87. The van der Waals surface area contributed by atoms with Gasteiger partial charge in [0.15, 0.2) is 0 Å². The number of nitrogens with zero attached hydrogens (tertiary/aromatic N) is 1. The summed E-state index contributed by atoms with van der Waals surface area (Å²) in [5.41, 5.74) is 2.29. The number of aryl methyl sites for hydroxylation is 1. The van der Waals surface area contributed by atoms with Gasteiger partial charge in [0.1, 0.15) is 5.75 Å². The van der Waals surface area contributed by atoms with E-state index in [1.54, 1.807) is 13.2 Å². The molecular weight excluding hydrogens is 214 g/mol. The predicted molar refractivity (Wildman–Crippen MR) is 68.3 cm³/mol. The Balaban J connectivity index is 3.15. The van der Waals surface area contributed by atoms with Crippen molar-refractivity contribution in [3.8, 4) is 5.75 Å². The van der Waals surface area contributed by atoms with Crippen molar-refractivity contribution in [2.45, 2.75) is 26.7 Å². The molecule has 0 heterocycles. The van der Waals surface area contributed by atoms with Gasteiger partial charge in [-0.2, -0.15) is 0 Å². The molecule has 0 fully saturated rings. The molecule has 3 heteroatoms. The van der Waals surface area contributed by atoms with Crippen LogP contribution in [-0.2, 0) is 4.79 Å². The van der Waals surface area contributed by atoms with Gasteiger partial charge in [-0.1, -0.05) is 31.5 Å². The van der Waals surface area contributed by atoms with Crippen LogP contribution < -0.4 is 4.74 Å². The molecule has 17 heavy (non-hydrogen) atoms. The summed E-state index contributed by atoms with van der Waals surface area (Å²) in [7, 11) is 1.66. The quantitative estimate of drug-likeness (QED) is 0.579. The normalized spacial score (nSPS) is 12.1. The van der Waals surface area contributed by atoms with E-state index in [4.69, 9.17) is 4.74 Å². The van der Waals surface area contributed by atoms with Gasteiger partial charge < -0.3 is 4.74 Å². The lowest BCUT2D eigenvalue weighted by molar-refractivity contribution is 0.395. The fraction of sp³-hybridized carbons (Fsp3) is 0.500. The molecule has 92 valence electrons. The SMILES string of the molecule is COc1ccc(C)cc1C(CN=C=O)C(C)C. The first-order valence-corrected chi connectivity index (χ1v) is 5.78. The molecule has 0 saturated heterocycles. The van der Waals surface area contributed by atoms with Crippen molar-refractivity contribution < 1.29 is 9.53 Å². The van der Waals surface area contributed by atoms with Crippen molar-refractivity contribution in [1.82, 2.24) is 0 Å². The summed E-state index contributed by atoms with van der Waals surface area (Å²) < 4.78 is 5.37. The third-order valence-corrected chi connectivity index (χ3v) is 2.94. The van der Waals surface area contributed by atoms with Crippen LogP contribution in [0.4, 0.5) is 0 Å². The largest absolute Gasteiger partial charge is 0.496 e. The molecule has 0 amide bonds. The summed E-state index contributed by atoms with van der Waals surface area (Å²) in [6.07, 6.45) is 1.61. The van der Waals surface area contributed by atoms with Gasteiger partial charge in [0.2, 0.25) is 6.08 Å². The number of isocyanates is 1. The Morgan fingerprint density at radius 1 is 1.41 bits per heavy atom. The fourth-order valence-corrected chi connectivity index (χ4v) is 1.95. The van der Waals surface area contributed by atoms with Gasteiger partial charge in [0.25, 0.3) is 0 Å². The molecular formula is C14H19NO2. The Bertz CT molecular complexity index is 420. The molecule has 0 aromatic heterocycles. The monoisotopic (exact) mass is 233 g/mol. The third-order valence-electron chi connectivity index (χ3n) is 2.94. The van der Waals surface area contributed by atoms with E-state index in [9.17, 15) is 4.79 Å². The van der Waals surface area contributed by atoms with Crippen molar-refractivity contribution in [2.75, 3.05) is 13.7 Å². The van der Waals surface area contributed by atoms with E-state index < -0.39 is 0 Å². The number of hydrogen-bond donors (Lipinski definition) is 0. The first-order chi connectivity index (χ1) is 8.10. The fourth-order valence-electron chi connectivity index (χ4n) is 1.95. The molecule has 3 nitrogen and oxygen atoms in total. The summed E-state index contributed by atoms with van der Waals surface area (Å²) in [5, 5.41) is 0. The van der Waals surface area contributed by atoms with Crippen LogP contribution in [0, 0.1) is 12.8 Å². The predicted octanol–water partition coefficient (Wildman–Crippen LogP) is 3.08. The van der Waals surface area contributed by atoms with Crippen LogP contribution in [0.3, 0.4) is 0 Å². The number of aliphatic imine (C=N–C) groups is 1. The number of ether oxygens (including phenoxy) is 1. The second-order valence-corrected chi connectivity index (χ2v) is 4.53. The molecule has 1 aromatic carbocycles. The molecule has 0 spiro atoms. The van der Waals surface area contributed by atoms with Crippen molar-refractivity contribution in [1.29, 1.82) is 0 Å². The van der Waals surface area contributed by atoms with Crippen LogP contribution in [0.2, 0.25) is 0 Å². The summed E-state index contributed by atoms with van der Waals surface area (Å²) in [5.74, 6) is 1.43. The van der Waals surface area contributed by atoms with Crippen molar-refractivity contribution in [3.05, 3.63) is 29.3 Å². The zero-order valence-electron chi connectivity index (χ0n) is 10.9. The van der Waals surface area contributed by atoms with Crippen molar-refractivity contribution in [2.24, 2.45) is 10.9 Å². The first-order valence-electron chi connectivity index (χ1n) is 5.78.